The molecule has 2 aromatic rings. The van der Waals surface area contributed by atoms with Crippen molar-refractivity contribution in [2.24, 2.45) is 0 Å². The highest BCUT2D eigenvalue weighted by Gasteiger charge is 2.33. The highest BCUT2D eigenvalue weighted by atomic mass is 32.2. The van der Waals surface area contributed by atoms with Crippen molar-refractivity contribution in [2.75, 3.05) is 10.8 Å². The summed E-state index contributed by atoms with van der Waals surface area (Å²) >= 11 is 0.633. The van der Waals surface area contributed by atoms with Crippen LogP contribution in [0.5, 0.6) is 0 Å². The summed E-state index contributed by atoms with van der Waals surface area (Å²) in [6.07, 6.45) is 1.91. The highest BCUT2D eigenvalue weighted by Crippen LogP contribution is 2.32. The van der Waals surface area contributed by atoms with Gasteiger partial charge in [-0.05, 0) is 23.8 Å². The third-order valence-electron chi connectivity index (χ3n) is 2.84. The normalized spacial score (nSPS) is 15.1. The molecule has 0 fully saturated rings. The number of thiophene rings is 1. The number of nitro groups is 1. The van der Waals surface area contributed by atoms with Gasteiger partial charge in [-0.1, -0.05) is 0 Å². The summed E-state index contributed by atoms with van der Waals surface area (Å²) < 4.78 is 27.6. The van der Waals surface area contributed by atoms with E-state index in [1.54, 1.807) is 0 Å². The molecular formula is C9H9N5O4S2. The molecule has 2 aromatic heterocycles. The summed E-state index contributed by atoms with van der Waals surface area (Å²) in [5.74, 6) is 0.243. The molecule has 9 nitrogen and oxygen atoms in total. The molecule has 0 unspecified atom stereocenters. The van der Waals surface area contributed by atoms with Gasteiger partial charge in [-0.3, -0.25) is 10.1 Å². The van der Waals surface area contributed by atoms with E-state index in [1.165, 1.54) is 23.1 Å². The van der Waals surface area contributed by atoms with Gasteiger partial charge in [0.05, 0.1) is 4.92 Å². The molecule has 106 valence electrons. The smallest absolute Gasteiger partial charge is 0.258 e. The van der Waals surface area contributed by atoms with Gasteiger partial charge < -0.3 is 0 Å². The van der Waals surface area contributed by atoms with E-state index in [4.69, 9.17) is 0 Å². The molecule has 0 saturated carbocycles. The first kappa shape index (κ1) is 13.0. The van der Waals surface area contributed by atoms with Crippen molar-refractivity contribution in [3.8, 4) is 0 Å². The van der Waals surface area contributed by atoms with Crippen molar-refractivity contribution in [1.29, 1.82) is 0 Å². The topological polar surface area (TPSA) is 111 Å². The molecule has 0 bridgehead atoms. The molecule has 0 radical (unpaired) electrons. The lowest BCUT2D eigenvalue weighted by molar-refractivity contribution is -0.380. The third kappa shape index (κ3) is 1.94. The van der Waals surface area contributed by atoms with Gasteiger partial charge in [0.1, 0.15) is 10.5 Å². The van der Waals surface area contributed by atoms with E-state index in [-0.39, 0.29) is 21.7 Å². The van der Waals surface area contributed by atoms with Crippen LogP contribution in [-0.2, 0) is 16.6 Å². The van der Waals surface area contributed by atoms with Crippen LogP contribution < -0.4 is 4.31 Å². The number of rotatable bonds is 3. The van der Waals surface area contributed by atoms with Crippen molar-refractivity contribution in [3.63, 3.8) is 0 Å². The van der Waals surface area contributed by atoms with E-state index >= 15 is 0 Å². The van der Waals surface area contributed by atoms with Crippen LogP contribution in [0.2, 0.25) is 0 Å². The number of aryl methyl sites for hydroxylation is 1. The number of aromatic nitrogens is 3. The van der Waals surface area contributed by atoms with Gasteiger partial charge in [-0.15, -0.1) is 0 Å². The fourth-order valence-corrected chi connectivity index (χ4v) is 4.64. The lowest BCUT2D eigenvalue weighted by Crippen LogP contribution is -2.37. The Bertz CT molecular complexity index is 765. The van der Waals surface area contributed by atoms with Crippen LogP contribution in [0.25, 0.3) is 0 Å². The third-order valence-corrected chi connectivity index (χ3v) is 6.12. The average molecular weight is 315 g/mol. The molecule has 20 heavy (non-hydrogen) atoms. The Kier molecular flexibility index (Phi) is 2.94. The lowest BCUT2D eigenvalue weighted by Gasteiger charge is -2.26. The first-order valence-corrected chi connectivity index (χ1v) is 7.90. The van der Waals surface area contributed by atoms with Crippen molar-refractivity contribution < 1.29 is 13.3 Å². The van der Waals surface area contributed by atoms with Crippen LogP contribution in [0.4, 0.5) is 10.9 Å². The number of hydrogen-bond donors (Lipinski definition) is 0. The standard InChI is InChI=1S/C9H9N5O4S2/c15-14(16)7-2-3-8(19-7)20(17,18)13-5-1-4-12-9(13)10-6-11-12/h2-3,6H,1,4-5H2. The SMILES string of the molecule is O=[N+]([O-])c1ccc(S(=O)(=O)N2CCCn3ncnc32)s1. The molecule has 0 saturated heterocycles. The predicted molar refractivity (Wildman–Crippen MR) is 70.1 cm³/mol. The molecule has 0 aromatic carbocycles. The van der Waals surface area contributed by atoms with Gasteiger partial charge in [-0.25, -0.2) is 17.4 Å². The molecule has 0 amide bonds. The number of anilines is 1. The summed E-state index contributed by atoms with van der Waals surface area (Å²) in [6.45, 7) is 0.888. The highest BCUT2D eigenvalue weighted by molar-refractivity contribution is 7.94. The van der Waals surface area contributed by atoms with E-state index in [0.717, 1.165) is 4.31 Å². The van der Waals surface area contributed by atoms with E-state index in [1.807, 2.05) is 0 Å². The molecule has 1 aliphatic rings. The molecule has 0 spiro atoms. The lowest BCUT2D eigenvalue weighted by atomic mass is 10.4. The first-order valence-electron chi connectivity index (χ1n) is 5.65. The van der Waals surface area contributed by atoms with Crippen LogP contribution >= 0.6 is 11.3 Å². The predicted octanol–water partition coefficient (Wildman–Crippen LogP) is 0.847. The second-order valence-electron chi connectivity index (χ2n) is 4.06. The van der Waals surface area contributed by atoms with Gasteiger partial charge >= 0.3 is 5.00 Å². The second-order valence-corrected chi connectivity index (χ2v) is 7.22. The summed E-state index contributed by atoms with van der Waals surface area (Å²) in [6, 6.07) is 2.43. The van der Waals surface area contributed by atoms with Gasteiger partial charge in [0.2, 0.25) is 5.95 Å². The van der Waals surface area contributed by atoms with E-state index in [9.17, 15) is 18.5 Å². The number of nitrogens with zero attached hydrogens (tertiary/aromatic N) is 5. The molecule has 11 heteroatoms. The van der Waals surface area contributed by atoms with Gasteiger partial charge in [-0.2, -0.15) is 10.1 Å². The van der Waals surface area contributed by atoms with Gasteiger partial charge in [0, 0.05) is 19.2 Å². The summed E-state index contributed by atoms with van der Waals surface area (Å²) in [4.78, 5) is 14.0. The number of fused-ring (bicyclic) bond motifs is 1. The average Bonchev–Trinajstić information content (AvgIpc) is 3.07. The molecule has 3 heterocycles. The first-order chi connectivity index (χ1) is 9.50. The van der Waals surface area contributed by atoms with E-state index < -0.39 is 14.9 Å². The largest absolute Gasteiger partial charge is 0.325 e. The maximum Gasteiger partial charge on any atom is 0.325 e. The summed E-state index contributed by atoms with van der Waals surface area (Å²) in [5, 5.41) is 14.4. The minimum Gasteiger partial charge on any atom is -0.258 e. The van der Waals surface area contributed by atoms with Crippen molar-refractivity contribution >= 4 is 32.3 Å². The van der Waals surface area contributed by atoms with Crippen molar-refractivity contribution in [3.05, 3.63) is 28.6 Å². The molecular weight excluding hydrogens is 306 g/mol. The Balaban J connectivity index is 2.03. The van der Waals surface area contributed by atoms with Crippen molar-refractivity contribution in [1.82, 2.24) is 14.8 Å². The van der Waals surface area contributed by atoms with Gasteiger partial charge in [0.25, 0.3) is 10.0 Å². The van der Waals surface area contributed by atoms with Crippen molar-refractivity contribution in [2.45, 2.75) is 17.2 Å². The second kappa shape index (κ2) is 4.52. The molecule has 3 rings (SSSR count). The minimum atomic E-state index is -3.83. The fraction of sp³-hybridized carbons (Fsp3) is 0.333. The quantitative estimate of drug-likeness (QED) is 0.613. The Labute approximate surface area is 117 Å². The molecule has 0 aliphatic carbocycles. The Hall–Kier alpha value is -2.01. The maximum atomic E-state index is 12.5. The molecule has 1 aliphatic heterocycles. The van der Waals surface area contributed by atoms with Crippen LogP contribution in [0.3, 0.4) is 0 Å². The molecule has 0 N–H and O–H groups in total. The fourth-order valence-electron chi connectivity index (χ4n) is 1.96. The summed E-state index contributed by atoms with van der Waals surface area (Å²) in [5.41, 5.74) is 0. The van der Waals surface area contributed by atoms with Gasteiger partial charge in [0.15, 0.2) is 0 Å². The number of sulfonamides is 1. The Morgan fingerprint density at radius 1 is 1.35 bits per heavy atom. The minimum absolute atomic E-state index is 0.0688. The maximum absolute atomic E-state index is 12.5. The monoisotopic (exact) mass is 315 g/mol. The van der Waals surface area contributed by atoms with Crippen LogP contribution in [-0.4, -0.2) is 34.7 Å². The molecule has 0 atom stereocenters. The summed E-state index contributed by atoms with van der Waals surface area (Å²) in [7, 11) is -3.83. The zero-order chi connectivity index (χ0) is 14.3. The van der Waals surface area contributed by atoms with Crippen LogP contribution in [0.1, 0.15) is 6.42 Å². The Morgan fingerprint density at radius 3 is 2.85 bits per heavy atom. The van der Waals surface area contributed by atoms with E-state index in [2.05, 4.69) is 10.1 Å². The number of hydrogen-bond acceptors (Lipinski definition) is 7. The van der Waals surface area contributed by atoms with Crippen LogP contribution in [0, 0.1) is 10.1 Å². The van der Waals surface area contributed by atoms with Crippen LogP contribution in [0.15, 0.2) is 22.7 Å². The zero-order valence-corrected chi connectivity index (χ0v) is 11.7. The zero-order valence-electron chi connectivity index (χ0n) is 10.0. The Morgan fingerprint density at radius 2 is 2.15 bits per heavy atom. The van der Waals surface area contributed by atoms with E-state index in [0.29, 0.717) is 24.3 Å².